The smallest absolute Gasteiger partial charge is 0.143 e. The number of hydrogen-bond acceptors (Lipinski definition) is 1. The van der Waals surface area contributed by atoms with E-state index in [0.29, 0.717) is 5.02 Å². The van der Waals surface area contributed by atoms with Crippen molar-refractivity contribution in [2.24, 2.45) is 0 Å². The monoisotopic (exact) mass is 332 g/mol. The molecule has 0 amide bonds. The first-order chi connectivity index (χ1) is 11.6. The van der Waals surface area contributed by atoms with Gasteiger partial charge in [0.15, 0.2) is 0 Å². The number of halogens is 1. The van der Waals surface area contributed by atoms with E-state index in [-0.39, 0.29) is 0 Å². The van der Waals surface area contributed by atoms with Crippen LogP contribution < -0.4 is 4.74 Å². The van der Waals surface area contributed by atoms with Gasteiger partial charge in [0.1, 0.15) is 11.5 Å². The predicted molar refractivity (Wildman–Crippen MR) is 102 cm³/mol. The van der Waals surface area contributed by atoms with Gasteiger partial charge in [-0.05, 0) is 60.0 Å². The van der Waals surface area contributed by atoms with Crippen molar-refractivity contribution >= 4 is 33.1 Å². The molecule has 0 saturated carbocycles. The third kappa shape index (κ3) is 2.51. The van der Waals surface area contributed by atoms with Crippen molar-refractivity contribution in [1.82, 2.24) is 0 Å². The topological polar surface area (TPSA) is 9.23 Å². The van der Waals surface area contributed by atoms with E-state index in [0.717, 1.165) is 38.6 Å². The Balaban J connectivity index is 2.03. The van der Waals surface area contributed by atoms with Crippen LogP contribution in [0.5, 0.6) is 11.5 Å². The summed E-state index contributed by atoms with van der Waals surface area (Å²) < 4.78 is 6.41. The van der Waals surface area contributed by atoms with Crippen molar-refractivity contribution in [3.63, 3.8) is 0 Å². The Morgan fingerprint density at radius 1 is 0.750 bits per heavy atom. The van der Waals surface area contributed by atoms with Crippen LogP contribution in [0.2, 0.25) is 5.02 Å². The lowest BCUT2D eigenvalue weighted by molar-refractivity contribution is 0.489. The highest BCUT2D eigenvalue weighted by Crippen LogP contribution is 2.39. The van der Waals surface area contributed by atoms with Crippen molar-refractivity contribution in [2.45, 2.75) is 13.8 Å². The summed E-state index contributed by atoms with van der Waals surface area (Å²) in [6.07, 6.45) is 0. The number of ether oxygens (including phenoxy) is 1. The van der Waals surface area contributed by atoms with Gasteiger partial charge in [-0.1, -0.05) is 54.1 Å². The van der Waals surface area contributed by atoms with Crippen LogP contribution in [0.4, 0.5) is 0 Å². The molecular weight excluding hydrogens is 316 g/mol. The van der Waals surface area contributed by atoms with Gasteiger partial charge in [-0.3, -0.25) is 0 Å². The van der Waals surface area contributed by atoms with Crippen LogP contribution in [-0.2, 0) is 0 Å². The van der Waals surface area contributed by atoms with Gasteiger partial charge in [0.2, 0.25) is 0 Å². The van der Waals surface area contributed by atoms with Gasteiger partial charge in [0.25, 0.3) is 0 Å². The van der Waals surface area contributed by atoms with E-state index >= 15 is 0 Å². The molecule has 0 N–H and O–H groups in total. The molecule has 0 heterocycles. The number of hydrogen-bond donors (Lipinski definition) is 0. The van der Waals surface area contributed by atoms with E-state index in [1.54, 1.807) is 0 Å². The van der Waals surface area contributed by atoms with Gasteiger partial charge in [-0.25, -0.2) is 0 Å². The summed E-state index contributed by atoms with van der Waals surface area (Å²) in [5.41, 5.74) is 2.37. The third-order valence-electron chi connectivity index (χ3n) is 4.54. The van der Waals surface area contributed by atoms with Crippen molar-refractivity contribution < 1.29 is 4.74 Å². The van der Waals surface area contributed by atoms with Crippen LogP contribution in [0.25, 0.3) is 21.5 Å². The van der Waals surface area contributed by atoms with Gasteiger partial charge in [-0.15, -0.1) is 0 Å². The van der Waals surface area contributed by atoms with Crippen molar-refractivity contribution in [3.8, 4) is 11.5 Å². The zero-order chi connectivity index (χ0) is 16.7. The van der Waals surface area contributed by atoms with E-state index in [1.807, 2.05) is 42.5 Å². The number of aryl methyl sites for hydroxylation is 1. The molecule has 4 rings (SSSR count). The Labute approximate surface area is 146 Å². The Morgan fingerprint density at radius 3 is 2.42 bits per heavy atom. The Morgan fingerprint density at radius 2 is 1.54 bits per heavy atom. The number of benzene rings is 4. The molecule has 24 heavy (non-hydrogen) atoms. The molecule has 4 aromatic carbocycles. The number of rotatable bonds is 2. The first-order valence-electron chi connectivity index (χ1n) is 7.98. The van der Waals surface area contributed by atoms with Crippen LogP contribution in [0, 0.1) is 13.8 Å². The minimum Gasteiger partial charge on any atom is -0.456 e. The second-order valence-corrected chi connectivity index (χ2v) is 6.53. The molecule has 4 aromatic rings. The van der Waals surface area contributed by atoms with Crippen molar-refractivity contribution in [2.75, 3.05) is 0 Å². The molecule has 0 saturated heterocycles. The first kappa shape index (κ1) is 15.0. The predicted octanol–water partition coefficient (Wildman–Crippen LogP) is 7.06. The molecule has 0 aliphatic rings. The van der Waals surface area contributed by atoms with Crippen LogP contribution in [-0.4, -0.2) is 0 Å². The normalized spacial score (nSPS) is 11.1. The third-order valence-corrected chi connectivity index (χ3v) is 4.78. The molecule has 118 valence electrons. The van der Waals surface area contributed by atoms with Gasteiger partial charge < -0.3 is 4.74 Å². The maximum atomic E-state index is 6.41. The molecule has 0 radical (unpaired) electrons. The Bertz CT molecular complexity index is 1070. The second kappa shape index (κ2) is 5.85. The van der Waals surface area contributed by atoms with Crippen molar-refractivity contribution in [3.05, 3.63) is 82.9 Å². The van der Waals surface area contributed by atoms with Crippen molar-refractivity contribution in [1.29, 1.82) is 0 Å². The van der Waals surface area contributed by atoms with E-state index in [2.05, 4.69) is 38.1 Å². The van der Waals surface area contributed by atoms with Crippen LogP contribution in [0.3, 0.4) is 0 Å². The molecule has 0 spiro atoms. The Kier molecular flexibility index (Phi) is 3.66. The minimum absolute atomic E-state index is 0.712. The summed E-state index contributed by atoms with van der Waals surface area (Å²) >= 11 is 6.25. The summed E-state index contributed by atoms with van der Waals surface area (Å²) in [5.74, 6) is 1.74. The first-order valence-corrected chi connectivity index (χ1v) is 8.36. The maximum Gasteiger partial charge on any atom is 0.143 e. The van der Waals surface area contributed by atoms with Gasteiger partial charge >= 0.3 is 0 Å². The number of fused-ring (bicyclic) bond motifs is 2. The lowest BCUT2D eigenvalue weighted by Crippen LogP contribution is -1.92. The molecule has 1 nitrogen and oxygen atoms in total. The van der Waals surface area contributed by atoms with E-state index in [9.17, 15) is 0 Å². The largest absolute Gasteiger partial charge is 0.456 e. The molecular formula is C22H17ClO. The average Bonchev–Trinajstić information content (AvgIpc) is 2.59. The molecule has 0 bridgehead atoms. The van der Waals surface area contributed by atoms with Gasteiger partial charge in [0, 0.05) is 15.8 Å². The summed E-state index contributed by atoms with van der Waals surface area (Å²) in [4.78, 5) is 0. The highest BCUT2D eigenvalue weighted by Gasteiger charge is 2.12. The van der Waals surface area contributed by atoms with Gasteiger partial charge in [-0.2, -0.15) is 0 Å². The average molecular weight is 333 g/mol. The summed E-state index contributed by atoms with van der Waals surface area (Å²) in [6, 6.07) is 22.5. The lowest BCUT2D eigenvalue weighted by atomic mass is 10.0. The van der Waals surface area contributed by atoms with E-state index in [1.165, 1.54) is 5.56 Å². The van der Waals surface area contributed by atoms with E-state index in [4.69, 9.17) is 16.3 Å². The van der Waals surface area contributed by atoms with Gasteiger partial charge in [0.05, 0.1) is 0 Å². The zero-order valence-electron chi connectivity index (χ0n) is 13.6. The van der Waals surface area contributed by atoms with Crippen LogP contribution in [0.1, 0.15) is 11.1 Å². The summed E-state index contributed by atoms with van der Waals surface area (Å²) in [6.45, 7) is 4.19. The Hall–Kier alpha value is -2.51. The minimum atomic E-state index is 0.712. The lowest BCUT2D eigenvalue weighted by Gasteiger charge is -2.15. The fourth-order valence-corrected chi connectivity index (χ4v) is 3.22. The maximum absolute atomic E-state index is 6.41. The summed E-state index contributed by atoms with van der Waals surface area (Å²) in [5, 5.41) is 5.12. The molecule has 0 atom stereocenters. The SMILES string of the molecule is Cc1cccc(Oc2c3ccccc3cc3ccc(Cl)cc23)c1C. The molecule has 0 aliphatic heterocycles. The standard InChI is InChI=1S/C22H17ClO/c1-14-6-5-9-21(15(14)2)24-22-19-8-4-3-7-16(19)12-17-10-11-18(23)13-20(17)22/h3-13H,1-2H3. The molecule has 0 aliphatic carbocycles. The van der Waals surface area contributed by atoms with Crippen LogP contribution >= 0.6 is 11.6 Å². The molecule has 2 heteroatoms. The highest BCUT2D eigenvalue weighted by atomic mass is 35.5. The van der Waals surface area contributed by atoms with E-state index < -0.39 is 0 Å². The second-order valence-electron chi connectivity index (χ2n) is 6.09. The highest BCUT2D eigenvalue weighted by molar-refractivity contribution is 6.31. The summed E-state index contributed by atoms with van der Waals surface area (Å²) in [7, 11) is 0. The molecule has 0 fully saturated rings. The quantitative estimate of drug-likeness (QED) is 0.357. The fourth-order valence-electron chi connectivity index (χ4n) is 3.05. The molecule has 0 aromatic heterocycles. The van der Waals surface area contributed by atoms with Crippen LogP contribution in [0.15, 0.2) is 66.7 Å². The fraction of sp³-hybridized carbons (Fsp3) is 0.0909. The zero-order valence-corrected chi connectivity index (χ0v) is 14.4. The molecule has 0 unspecified atom stereocenters.